The van der Waals surface area contributed by atoms with Gasteiger partial charge in [-0.1, -0.05) is 30.3 Å². The topological polar surface area (TPSA) is 75.3 Å². The van der Waals surface area contributed by atoms with Gasteiger partial charge in [-0.2, -0.15) is 0 Å². The molecule has 0 bridgehead atoms. The van der Waals surface area contributed by atoms with E-state index in [4.69, 9.17) is 0 Å². The van der Waals surface area contributed by atoms with E-state index in [-0.39, 0.29) is 23.2 Å². The van der Waals surface area contributed by atoms with E-state index >= 15 is 0 Å². The Morgan fingerprint density at radius 3 is 2.26 bits per heavy atom. The summed E-state index contributed by atoms with van der Waals surface area (Å²) in [6.45, 7) is 0.193. The number of carbonyl (C=O) groups excluding carboxylic acids is 1. The zero-order chi connectivity index (χ0) is 19.3. The summed E-state index contributed by atoms with van der Waals surface area (Å²) in [4.78, 5) is 12.3. The van der Waals surface area contributed by atoms with E-state index in [0.717, 1.165) is 0 Å². The Morgan fingerprint density at radius 1 is 0.889 bits per heavy atom. The molecule has 138 valence electrons. The van der Waals surface area contributed by atoms with Crippen LogP contribution >= 0.6 is 0 Å². The summed E-state index contributed by atoms with van der Waals surface area (Å²) in [7, 11) is -3.68. The Balaban J connectivity index is 1.63. The molecule has 0 radical (unpaired) electrons. The number of carbonyl (C=O) groups is 1. The molecule has 3 rings (SSSR count). The van der Waals surface area contributed by atoms with Crippen LogP contribution in [0.1, 0.15) is 15.9 Å². The largest absolute Gasteiger partial charge is 0.348 e. The monoisotopic (exact) mass is 384 g/mol. The van der Waals surface area contributed by atoms with Crippen molar-refractivity contribution < 1.29 is 17.6 Å². The molecule has 7 heteroatoms. The van der Waals surface area contributed by atoms with Crippen molar-refractivity contribution >= 4 is 21.6 Å². The van der Waals surface area contributed by atoms with Gasteiger partial charge in [0, 0.05) is 17.8 Å². The SMILES string of the molecule is O=C(NCc1cccc(F)c1)c1ccc(NS(=O)(=O)c2ccccc2)cc1. The zero-order valence-corrected chi connectivity index (χ0v) is 15.0. The lowest BCUT2D eigenvalue weighted by molar-refractivity contribution is 0.0951. The number of nitrogens with one attached hydrogen (secondary N) is 2. The van der Waals surface area contributed by atoms with Gasteiger partial charge < -0.3 is 5.32 Å². The molecular formula is C20H17FN2O3S. The van der Waals surface area contributed by atoms with Crippen LogP contribution in [0.2, 0.25) is 0 Å². The van der Waals surface area contributed by atoms with Gasteiger partial charge in [0.2, 0.25) is 0 Å². The van der Waals surface area contributed by atoms with Gasteiger partial charge in [0.05, 0.1) is 4.90 Å². The van der Waals surface area contributed by atoms with E-state index in [9.17, 15) is 17.6 Å². The lowest BCUT2D eigenvalue weighted by Crippen LogP contribution is -2.22. The van der Waals surface area contributed by atoms with Crippen molar-refractivity contribution in [2.45, 2.75) is 11.4 Å². The number of rotatable bonds is 6. The molecule has 0 atom stereocenters. The molecule has 0 saturated heterocycles. The molecule has 0 aliphatic rings. The minimum Gasteiger partial charge on any atom is -0.348 e. The highest BCUT2D eigenvalue weighted by Crippen LogP contribution is 2.16. The van der Waals surface area contributed by atoms with E-state index < -0.39 is 10.0 Å². The van der Waals surface area contributed by atoms with Crippen molar-refractivity contribution in [1.82, 2.24) is 5.32 Å². The number of halogens is 1. The first-order valence-corrected chi connectivity index (χ1v) is 9.63. The number of amides is 1. The molecule has 5 nitrogen and oxygen atoms in total. The summed E-state index contributed by atoms with van der Waals surface area (Å²) < 4.78 is 40.2. The quantitative estimate of drug-likeness (QED) is 0.682. The zero-order valence-electron chi connectivity index (χ0n) is 14.2. The summed E-state index contributed by atoms with van der Waals surface area (Å²) in [6, 6.07) is 20.0. The predicted molar refractivity (Wildman–Crippen MR) is 101 cm³/mol. The maximum absolute atomic E-state index is 13.1. The van der Waals surface area contributed by atoms with Crippen LogP contribution in [0, 0.1) is 5.82 Å². The number of benzene rings is 3. The number of hydrogen-bond acceptors (Lipinski definition) is 3. The second-order valence-corrected chi connectivity index (χ2v) is 7.49. The lowest BCUT2D eigenvalue weighted by atomic mass is 10.2. The molecule has 0 aliphatic heterocycles. The van der Waals surface area contributed by atoms with Gasteiger partial charge in [-0.3, -0.25) is 9.52 Å². The highest BCUT2D eigenvalue weighted by Gasteiger charge is 2.13. The fourth-order valence-electron chi connectivity index (χ4n) is 2.43. The molecule has 3 aromatic rings. The fraction of sp³-hybridized carbons (Fsp3) is 0.0500. The van der Waals surface area contributed by atoms with Crippen molar-refractivity contribution in [3.8, 4) is 0 Å². The molecule has 2 N–H and O–H groups in total. The van der Waals surface area contributed by atoms with Crippen LogP contribution in [0.25, 0.3) is 0 Å². The van der Waals surface area contributed by atoms with E-state index in [0.29, 0.717) is 16.8 Å². The second-order valence-electron chi connectivity index (χ2n) is 5.81. The average molecular weight is 384 g/mol. The smallest absolute Gasteiger partial charge is 0.261 e. The van der Waals surface area contributed by atoms with Gasteiger partial charge in [0.1, 0.15) is 5.82 Å². The van der Waals surface area contributed by atoms with Gasteiger partial charge in [0.15, 0.2) is 0 Å². The van der Waals surface area contributed by atoms with Gasteiger partial charge >= 0.3 is 0 Å². The molecule has 27 heavy (non-hydrogen) atoms. The fourth-order valence-corrected chi connectivity index (χ4v) is 3.51. The third kappa shape index (κ3) is 4.92. The molecule has 1 amide bonds. The van der Waals surface area contributed by atoms with Crippen molar-refractivity contribution in [2.24, 2.45) is 0 Å². The maximum atomic E-state index is 13.1. The third-order valence-electron chi connectivity index (χ3n) is 3.79. The van der Waals surface area contributed by atoms with Crippen molar-refractivity contribution in [1.29, 1.82) is 0 Å². The lowest BCUT2D eigenvalue weighted by Gasteiger charge is -2.09. The Morgan fingerprint density at radius 2 is 1.59 bits per heavy atom. The normalized spacial score (nSPS) is 11.0. The molecule has 3 aromatic carbocycles. The Labute approximate surface area is 156 Å². The minimum absolute atomic E-state index is 0.155. The highest BCUT2D eigenvalue weighted by molar-refractivity contribution is 7.92. The van der Waals surface area contributed by atoms with E-state index in [1.165, 1.54) is 48.5 Å². The molecule has 0 saturated carbocycles. The first kappa shape index (κ1) is 18.6. The van der Waals surface area contributed by atoms with Crippen molar-refractivity contribution in [3.63, 3.8) is 0 Å². The number of sulfonamides is 1. The molecular weight excluding hydrogens is 367 g/mol. The van der Waals surface area contributed by atoms with Gasteiger partial charge in [-0.05, 0) is 54.1 Å². The van der Waals surface area contributed by atoms with Crippen molar-refractivity contribution in [3.05, 3.63) is 95.8 Å². The molecule has 0 unspecified atom stereocenters. The van der Waals surface area contributed by atoms with Crippen LogP contribution in [0.5, 0.6) is 0 Å². The van der Waals surface area contributed by atoms with Gasteiger partial charge in [0.25, 0.3) is 15.9 Å². The summed E-state index contributed by atoms with van der Waals surface area (Å²) >= 11 is 0. The summed E-state index contributed by atoms with van der Waals surface area (Å²) in [5, 5.41) is 2.69. The molecule has 0 aromatic heterocycles. The summed E-state index contributed by atoms with van der Waals surface area (Å²) in [5.74, 6) is -0.700. The van der Waals surface area contributed by atoms with Crippen LogP contribution in [-0.4, -0.2) is 14.3 Å². The van der Waals surface area contributed by atoms with Crippen molar-refractivity contribution in [2.75, 3.05) is 4.72 Å². The standard InChI is InChI=1S/C20H17FN2O3S/c21-17-6-4-5-15(13-17)14-22-20(24)16-9-11-18(12-10-16)23-27(25,26)19-7-2-1-3-8-19/h1-13,23H,14H2,(H,22,24). The summed E-state index contributed by atoms with van der Waals surface area (Å²) in [5.41, 5.74) is 1.37. The van der Waals surface area contributed by atoms with Crippen LogP contribution in [0.15, 0.2) is 83.8 Å². The molecule has 0 aliphatic carbocycles. The van der Waals surface area contributed by atoms with Crippen LogP contribution in [0.3, 0.4) is 0 Å². The Hall–Kier alpha value is -3.19. The number of anilines is 1. The average Bonchev–Trinajstić information content (AvgIpc) is 2.67. The first-order chi connectivity index (χ1) is 12.9. The Bertz CT molecular complexity index is 1040. The summed E-state index contributed by atoms with van der Waals surface area (Å²) in [6.07, 6.45) is 0. The number of hydrogen-bond donors (Lipinski definition) is 2. The highest BCUT2D eigenvalue weighted by atomic mass is 32.2. The predicted octanol–water partition coefficient (Wildman–Crippen LogP) is 3.56. The third-order valence-corrected chi connectivity index (χ3v) is 5.19. The van der Waals surface area contributed by atoms with Gasteiger partial charge in [-0.25, -0.2) is 12.8 Å². The van der Waals surface area contributed by atoms with E-state index in [1.54, 1.807) is 30.3 Å². The van der Waals surface area contributed by atoms with Crippen LogP contribution in [-0.2, 0) is 16.6 Å². The van der Waals surface area contributed by atoms with Crippen LogP contribution < -0.4 is 10.0 Å². The second kappa shape index (κ2) is 8.01. The minimum atomic E-state index is -3.68. The maximum Gasteiger partial charge on any atom is 0.261 e. The molecule has 0 spiro atoms. The Kier molecular flexibility index (Phi) is 5.52. The molecule has 0 heterocycles. The first-order valence-electron chi connectivity index (χ1n) is 8.15. The van der Waals surface area contributed by atoms with E-state index in [2.05, 4.69) is 10.0 Å². The molecule has 0 fully saturated rings. The van der Waals surface area contributed by atoms with Gasteiger partial charge in [-0.15, -0.1) is 0 Å². The van der Waals surface area contributed by atoms with Crippen LogP contribution in [0.4, 0.5) is 10.1 Å². The van der Waals surface area contributed by atoms with E-state index in [1.807, 2.05) is 0 Å².